The zero-order chi connectivity index (χ0) is 28.3. The summed E-state index contributed by atoms with van der Waals surface area (Å²) in [4.78, 5) is 19.5. The minimum atomic E-state index is -0.651. The summed E-state index contributed by atoms with van der Waals surface area (Å²) in [5, 5.41) is 16.1. The number of carbonyl (C=O) groups is 1. The molecule has 0 aromatic heterocycles. The fourth-order valence-corrected chi connectivity index (χ4v) is 4.76. The van der Waals surface area contributed by atoms with Crippen molar-refractivity contribution in [3.8, 4) is 5.75 Å². The zero-order valence-corrected chi connectivity index (χ0v) is 23.9. The predicted molar refractivity (Wildman–Crippen MR) is 159 cm³/mol. The van der Waals surface area contributed by atoms with E-state index in [9.17, 15) is 14.3 Å². The number of ether oxygens (including phenoxy) is 2. The monoisotopic (exact) mass is 573 g/mol. The number of aliphatic hydroxyl groups is 1. The second kappa shape index (κ2) is 15.1. The lowest BCUT2D eigenvalue weighted by Crippen LogP contribution is -2.50. The molecular formula is C29H40FN5O4S. The van der Waals surface area contributed by atoms with E-state index in [4.69, 9.17) is 21.7 Å². The Hall–Kier alpha value is -2.99. The number of benzene rings is 2. The van der Waals surface area contributed by atoms with Crippen LogP contribution in [0.25, 0.3) is 0 Å². The first-order chi connectivity index (χ1) is 19.4. The van der Waals surface area contributed by atoms with Crippen molar-refractivity contribution in [2.45, 2.75) is 26.0 Å². The molecule has 3 N–H and O–H groups in total. The van der Waals surface area contributed by atoms with Crippen LogP contribution in [0.3, 0.4) is 0 Å². The van der Waals surface area contributed by atoms with Crippen LogP contribution in [0.15, 0.2) is 42.5 Å². The molecule has 40 heavy (non-hydrogen) atoms. The summed E-state index contributed by atoms with van der Waals surface area (Å²) < 4.78 is 26.0. The standard InChI is InChI=1S/C29H40FN5O4S/c1-2-28(40)32-19-24(36)18-31-23-5-8-27(26(30)17-23)34-9-11-35(12-10-34)29(37)21-39-25-6-3-22(4-7-25)20-33-13-15-38-16-14-33/h3-8,17,24,31,36H,2,9-16,18-21H2,1H3,(H,32,40)/t24-/m1/s1. The van der Waals surface area contributed by atoms with Crippen LogP contribution in [0, 0.1) is 5.82 Å². The van der Waals surface area contributed by atoms with Gasteiger partial charge in [0, 0.05) is 64.6 Å². The van der Waals surface area contributed by atoms with Gasteiger partial charge in [-0.25, -0.2) is 4.39 Å². The Morgan fingerprint density at radius 1 is 1.07 bits per heavy atom. The van der Waals surface area contributed by atoms with Gasteiger partial charge in [0.25, 0.3) is 5.91 Å². The van der Waals surface area contributed by atoms with Crippen LogP contribution in [-0.4, -0.2) is 104 Å². The van der Waals surface area contributed by atoms with Gasteiger partial charge in [0.1, 0.15) is 11.6 Å². The quantitative estimate of drug-likeness (QED) is 0.332. The lowest BCUT2D eigenvalue weighted by atomic mass is 10.2. The number of amides is 1. The molecule has 4 rings (SSSR count). The molecule has 2 heterocycles. The predicted octanol–water partition coefficient (Wildman–Crippen LogP) is 2.49. The molecule has 1 atom stereocenters. The topological polar surface area (TPSA) is 89.5 Å². The molecule has 9 nitrogen and oxygen atoms in total. The number of carbonyl (C=O) groups excluding carboxylic acids is 1. The molecule has 0 saturated carbocycles. The smallest absolute Gasteiger partial charge is 0.260 e. The number of halogens is 1. The average molecular weight is 574 g/mol. The van der Waals surface area contributed by atoms with E-state index < -0.39 is 6.10 Å². The number of thiocarbonyl (C=S) groups is 1. The van der Waals surface area contributed by atoms with Gasteiger partial charge >= 0.3 is 0 Å². The van der Waals surface area contributed by atoms with E-state index in [1.54, 1.807) is 17.0 Å². The van der Waals surface area contributed by atoms with E-state index in [1.165, 1.54) is 11.6 Å². The molecule has 0 radical (unpaired) electrons. The molecule has 2 aromatic carbocycles. The zero-order valence-electron chi connectivity index (χ0n) is 23.1. The number of rotatable bonds is 12. The van der Waals surface area contributed by atoms with Gasteiger partial charge in [0.05, 0.1) is 30.0 Å². The number of piperazine rings is 1. The van der Waals surface area contributed by atoms with Gasteiger partial charge in [-0.05, 0) is 42.3 Å². The van der Waals surface area contributed by atoms with E-state index in [1.807, 2.05) is 36.1 Å². The molecular weight excluding hydrogens is 533 g/mol. The first-order valence-corrected chi connectivity index (χ1v) is 14.3. The van der Waals surface area contributed by atoms with Crippen LogP contribution < -0.4 is 20.3 Å². The maximum atomic E-state index is 14.9. The number of hydrogen-bond donors (Lipinski definition) is 3. The summed E-state index contributed by atoms with van der Waals surface area (Å²) in [7, 11) is 0. The van der Waals surface area contributed by atoms with Crippen molar-refractivity contribution in [3.63, 3.8) is 0 Å². The van der Waals surface area contributed by atoms with Crippen LogP contribution >= 0.6 is 12.2 Å². The van der Waals surface area contributed by atoms with Gasteiger partial charge in [0.15, 0.2) is 6.61 Å². The summed E-state index contributed by atoms with van der Waals surface area (Å²) >= 11 is 5.10. The van der Waals surface area contributed by atoms with E-state index in [-0.39, 0.29) is 24.9 Å². The number of morpholine rings is 1. The number of hydrogen-bond acceptors (Lipinski definition) is 8. The Labute approximate surface area is 241 Å². The number of anilines is 2. The molecule has 2 aromatic rings. The van der Waals surface area contributed by atoms with Crippen LogP contribution in [0.1, 0.15) is 18.9 Å². The fraction of sp³-hybridized carbons (Fsp3) is 0.517. The van der Waals surface area contributed by atoms with Crippen molar-refractivity contribution in [2.75, 3.05) is 82.4 Å². The highest BCUT2D eigenvalue weighted by Gasteiger charge is 2.23. The Bertz CT molecular complexity index is 1110. The molecule has 2 aliphatic rings. The normalized spacial score (nSPS) is 16.9. The molecule has 2 saturated heterocycles. The first-order valence-electron chi connectivity index (χ1n) is 13.9. The largest absolute Gasteiger partial charge is 0.484 e. The molecule has 0 unspecified atom stereocenters. The highest BCUT2D eigenvalue weighted by molar-refractivity contribution is 7.80. The Morgan fingerprint density at radius 3 is 2.48 bits per heavy atom. The molecule has 2 aliphatic heterocycles. The van der Waals surface area contributed by atoms with Crippen molar-refractivity contribution in [1.82, 2.24) is 15.1 Å². The van der Waals surface area contributed by atoms with E-state index in [0.717, 1.165) is 39.3 Å². The van der Waals surface area contributed by atoms with Crippen LogP contribution in [-0.2, 0) is 16.1 Å². The minimum absolute atomic E-state index is 0.0247. The first kappa shape index (κ1) is 30.0. The molecule has 0 spiro atoms. The van der Waals surface area contributed by atoms with Crippen LogP contribution in [0.5, 0.6) is 5.75 Å². The van der Waals surface area contributed by atoms with Crippen LogP contribution in [0.4, 0.5) is 15.8 Å². The Morgan fingerprint density at radius 2 is 1.80 bits per heavy atom. The third-order valence-electron chi connectivity index (χ3n) is 7.11. The summed E-state index contributed by atoms with van der Waals surface area (Å²) in [5.74, 6) is 0.247. The van der Waals surface area contributed by atoms with Gasteiger partial charge in [-0.3, -0.25) is 9.69 Å². The lowest BCUT2D eigenvalue weighted by Gasteiger charge is -2.36. The van der Waals surface area contributed by atoms with E-state index in [2.05, 4.69) is 15.5 Å². The summed E-state index contributed by atoms with van der Waals surface area (Å²) in [6, 6.07) is 12.8. The highest BCUT2D eigenvalue weighted by atomic mass is 32.1. The van der Waals surface area contributed by atoms with Gasteiger partial charge < -0.3 is 35.0 Å². The van der Waals surface area contributed by atoms with E-state index >= 15 is 0 Å². The SMILES string of the molecule is CCC(=S)NC[C@H](O)CNc1ccc(N2CCN(C(=O)COc3ccc(CN4CCOCC4)cc3)CC2)c(F)c1. The van der Waals surface area contributed by atoms with Crippen molar-refractivity contribution in [1.29, 1.82) is 0 Å². The van der Waals surface area contributed by atoms with E-state index in [0.29, 0.717) is 54.8 Å². The third-order valence-corrected chi connectivity index (χ3v) is 7.55. The molecule has 11 heteroatoms. The Kier molecular flexibility index (Phi) is 11.3. The second-order valence-corrected chi connectivity index (χ2v) is 10.5. The lowest BCUT2D eigenvalue weighted by molar-refractivity contribution is -0.133. The maximum absolute atomic E-state index is 14.9. The Balaban J connectivity index is 1.17. The van der Waals surface area contributed by atoms with Crippen molar-refractivity contribution in [2.24, 2.45) is 0 Å². The van der Waals surface area contributed by atoms with Crippen molar-refractivity contribution in [3.05, 3.63) is 53.8 Å². The summed E-state index contributed by atoms with van der Waals surface area (Å²) in [6.45, 7) is 8.91. The highest BCUT2D eigenvalue weighted by Crippen LogP contribution is 2.24. The van der Waals surface area contributed by atoms with Gasteiger partial charge in [0.2, 0.25) is 0 Å². The van der Waals surface area contributed by atoms with Crippen LogP contribution in [0.2, 0.25) is 0 Å². The van der Waals surface area contributed by atoms with Crippen molar-refractivity contribution >= 4 is 34.5 Å². The second-order valence-electron chi connectivity index (χ2n) is 10.0. The summed E-state index contributed by atoms with van der Waals surface area (Å²) in [6.07, 6.45) is 0.0740. The van der Waals surface area contributed by atoms with Gasteiger partial charge in [-0.1, -0.05) is 31.3 Å². The number of aliphatic hydroxyl groups excluding tert-OH is 1. The maximum Gasteiger partial charge on any atom is 0.260 e. The molecule has 218 valence electrons. The fourth-order valence-electron chi connectivity index (χ4n) is 4.68. The number of nitrogens with zero attached hydrogens (tertiary/aromatic N) is 3. The molecule has 1 amide bonds. The third kappa shape index (κ3) is 9.02. The minimum Gasteiger partial charge on any atom is -0.484 e. The molecule has 0 bridgehead atoms. The van der Waals surface area contributed by atoms with Gasteiger partial charge in [-0.15, -0.1) is 0 Å². The summed E-state index contributed by atoms with van der Waals surface area (Å²) in [5.41, 5.74) is 2.30. The molecule has 0 aliphatic carbocycles. The van der Waals surface area contributed by atoms with Gasteiger partial charge in [-0.2, -0.15) is 0 Å². The number of nitrogens with one attached hydrogen (secondary N) is 2. The van der Waals surface area contributed by atoms with Crippen molar-refractivity contribution < 1.29 is 23.8 Å². The molecule has 2 fully saturated rings. The average Bonchev–Trinajstić information content (AvgIpc) is 2.99.